The second-order valence-electron chi connectivity index (χ2n) is 3.66. The molecule has 0 aliphatic rings. The Morgan fingerprint density at radius 3 is 2.72 bits per heavy atom. The number of hydrogen-bond donors (Lipinski definition) is 2. The number of anilines is 1. The fraction of sp³-hybridized carbons (Fsp3) is 0.364. The molecule has 1 amide bonds. The first-order valence-corrected chi connectivity index (χ1v) is 7.62. The van der Waals surface area contributed by atoms with Gasteiger partial charge in [0.05, 0.1) is 0 Å². The first-order chi connectivity index (χ1) is 8.48. The molecule has 0 aliphatic carbocycles. The van der Waals surface area contributed by atoms with Crippen LogP contribution >= 0.6 is 11.6 Å². The van der Waals surface area contributed by atoms with Gasteiger partial charge in [-0.3, -0.25) is 9.52 Å². The smallest absolute Gasteiger partial charge is 0.251 e. The van der Waals surface area contributed by atoms with Crippen molar-refractivity contribution < 1.29 is 13.2 Å². The van der Waals surface area contributed by atoms with Crippen LogP contribution in [-0.2, 0) is 10.0 Å². The summed E-state index contributed by atoms with van der Waals surface area (Å²) in [6.45, 7) is 2.53. The highest BCUT2D eigenvalue weighted by Crippen LogP contribution is 2.13. The Kier molecular flexibility index (Phi) is 5.43. The molecule has 0 aliphatic heterocycles. The van der Waals surface area contributed by atoms with E-state index in [-0.39, 0.29) is 5.91 Å². The number of amides is 1. The van der Waals surface area contributed by atoms with Crippen LogP contribution in [0.15, 0.2) is 24.3 Å². The normalized spacial score (nSPS) is 11.0. The van der Waals surface area contributed by atoms with E-state index in [2.05, 4.69) is 10.0 Å². The van der Waals surface area contributed by atoms with Crippen LogP contribution in [0.2, 0.25) is 0 Å². The average Bonchev–Trinajstić information content (AvgIpc) is 2.35. The summed E-state index contributed by atoms with van der Waals surface area (Å²) in [6.07, 6.45) is 0.838. The third kappa shape index (κ3) is 4.54. The standard InChI is InChI=1S/C11H15ClN2O3S/c1-2-6-13-11(15)9-4-3-5-10(7-9)14-18(16,17)8-12/h3-5,7,14H,2,6,8H2,1H3,(H,13,15). The fourth-order valence-electron chi connectivity index (χ4n) is 1.27. The summed E-state index contributed by atoms with van der Waals surface area (Å²) in [7, 11) is -3.55. The van der Waals surface area contributed by atoms with E-state index in [0.29, 0.717) is 17.8 Å². The lowest BCUT2D eigenvalue weighted by Gasteiger charge is -2.07. The van der Waals surface area contributed by atoms with Crippen LogP contribution in [0.5, 0.6) is 0 Å². The van der Waals surface area contributed by atoms with Crippen LogP contribution in [0, 0.1) is 0 Å². The molecule has 0 heterocycles. The number of hydrogen-bond acceptors (Lipinski definition) is 3. The van der Waals surface area contributed by atoms with Gasteiger partial charge in [-0.2, -0.15) is 0 Å². The molecule has 0 spiro atoms. The van der Waals surface area contributed by atoms with Gasteiger partial charge in [0.1, 0.15) is 5.21 Å². The van der Waals surface area contributed by atoms with Crippen molar-refractivity contribution in [2.45, 2.75) is 13.3 Å². The predicted octanol–water partition coefficient (Wildman–Crippen LogP) is 1.76. The van der Waals surface area contributed by atoms with Crippen LogP contribution < -0.4 is 10.0 Å². The molecule has 2 N–H and O–H groups in total. The molecule has 0 aromatic heterocycles. The van der Waals surface area contributed by atoms with E-state index in [1.165, 1.54) is 6.07 Å². The van der Waals surface area contributed by atoms with Crippen molar-refractivity contribution in [3.63, 3.8) is 0 Å². The number of halogens is 1. The second kappa shape index (κ2) is 6.61. The summed E-state index contributed by atoms with van der Waals surface area (Å²) in [6, 6.07) is 6.24. The molecule has 0 bridgehead atoms. The maximum atomic E-state index is 11.7. The molecule has 5 nitrogen and oxygen atoms in total. The average molecular weight is 291 g/mol. The molecular formula is C11H15ClN2O3S. The Labute approximate surface area is 112 Å². The summed E-state index contributed by atoms with van der Waals surface area (Å²) in [5, 5.41) is 2.18. The van der Waals surface area contributed by atoms with E-state index >= 15 is 0 Å². The van der Waals surface area contributed by atoms with Crippen molar-refractivity contribution in [3.05, 3.63) is 29.8 Å². The third-order valence-electron chi connectivity index (χ3n) is 2.08. The number of sulfonamides is 1. The third-order valence-corrected chi connectivity index (χ3v) is 3.77. The highest BCUT2D eigenvalue weighted by Gasteiger charge is 2.10. The van der Waals surface area contributed by atoms with Crippen LogP contribution in [0.4, 0.5) is 5.69 Å². The van der Waals surface area contributed by atoms with Crippen molar-refractivity contribution in [3.8, 4) is 0 Å². The summed E-state index contributed by atoms with van der Waals surface area (Å²) < 4.78 is 24.8. The minimum Gasteiger partial charge on any atom is -0.352 e. The Morgan fingerprint density at radius 1 is 1.39 bits per heavy atom. The van der Waals surface area contributed by atoms with Crippen molar-refractivity contribution in [2.75, 3.05) is 16.5 Å². The van der Waals surface area contributed by atoms with E-state index < -0.39 is 15.2 Å². The molecule has 0 atom stereocenters. The predicted molar refractivity (Wildman–Crippen MR) is 72.3 cm³/mol. The Bertz CT molecular complexity index is 517. The Hall–Kier alpha value is -1.27. The van der Waals surface area contributed by atoms with E-state index in [1.807, 2.05) is 6.92 Å². The number of alkyl halides is 1. The lowest BCUT2D eigenvalue weighted by molar-refractivity contribution is 0.0953. The summed E-state index contributed by atoms with van der Waals surface area (Å²) in [5.41, 5.74) is 0.720. The Balaban J connectivity index is 2.83. The van der Waals surface area contributed by atoms with Crippen LogP contribution in [0.25, 0.3) is 0 Å². The molecule has 100 valence electrons. The van der Waals surface area contributed by atoms with Crippen LogP contribution in [0.1, 0.15) is 23.7 Å². The number of carbonyl (C=O) groups is 1. The lowest BCUT2D eigenvalue weighted by Crippen LogP contribution is -2.24. The molecule has 1 aromatic rings. The van der Waals surface area contributed by atoms with Gasteiger partial charge in [0.15, 0.2) is 0 Å². The van der Waals surface area contributed by atoms with Gasteiger partial charge >= 0.3 is 0 Å². The highest BCUT2D eigenvalue weighted by molar-refractivity contribution is 7.93. The van der Waals surface area contributed by atoms with Crippen LogP contribution in [0.3, 0.4) is 0 Å². The SMILES string of the molecule is CCCNC(=O)c1cccc(NS(=O)(=O)CCl)c1. The van der Waals surface area contributed by atoms with Crippen LogP contribution in [-0.4, -0.2) is 26.1 Å². The summed E-state index contributed by atoms with van der Waals surface area (Å²) in [4.78, 5) is 11.7. The van der Waals surface area contributed by atoms with Crippen molar-refractivity contribution in [1.29, 1.82) is 0 Å². The van der Waals surface area contributed by atoms with Gasteiger partial charge in [0, 0.05) is 17.8 Å². The van der Waals surface area contributed by atoms with E-state index in [4.69, 9.17) is 11.6 Å². The van der Waals surface area contributed by atoms with Crippen molar-refractivity contribution >= 4 is 33.2 Å². The minimum atomic E-state index is -3.55. The van der Waals surface area contributed by atoms with Crippen molar-refractivity contribution in [2.24, 2.45) is 0 Å². The molecular weight excluding hydrogens is 276 g/mol. The topological polar surface area (TPSA) is 75.3 Å². The maximum Gasteiger partial charge on any atom is 0.251 e. The molecule has 1 rings (SSSR count). The zero-order chi connectivity index (χ0) is 13.6. The first-order valence-electron chi connectivity index (χ1n) is 5.43. The Morgan fingerprint density at radius 2 is 2.11 bits per heavy atom. The van der Waals surface area contributed by atoms with E-state index in [0.717, 1.165) is 6.42 Å². The van der Waals surface area contributed by atoms with Gasteiger partial charge in [0.25, 0.3) is 5.91 Å². The second-order valence-corrected chi connectivity index (χ2v) is 5.97. The minimum absolute atomic E-state index is 0.233. The number of benzene rings is 1. The van der Waals surface area contributed by atoms with Gasteiger partial charge in [-0.15, -0.1) is 11.6 Å². The monoisotopic (exact) mass is 290 g/mol. The van der Waals surface area contributed by atoms with E-state index in [1.54, 1.807) is 18.2 Å². The van der Waals surface area contributed by atoms with Gasteiger partial charge < -0.3 is 5.32 Å². The number of carbonyl (C=O) groups excluding carboxylic acids is 1. The summed E-state index contributed by atoms with van der Waals surface area (Å²) in [5.74, 6) is -0.233. The molecule has 0 saturated carbocycles. The molecule has 0 radical (unpaired) electrons. The zero-order valence-corrected chi connectivity index (χ0v) is 11.5. The maximum absolute atomic E-state index is 11.7. The van der Waals surface area contributed by atoms with Gasteiger partial charge in [-0.05, 0) is 24.6 Å². The quantitative estimate of drug-likeness (QED) is 0.784. The molecule has 18 heavy (non-hydrogen) atoms. The van der Waals surface area contributed by atoms with Crippen molar-refractivity contribution in [1.82, 2.24) is 5.32 Å². The molecule has 0 unspecified atom stereocenters. The fourth-order valence-corrected chi connectivity index (χ4v) is 1.98. The number of rotatable bonds is 6. The molecule has 0 saturated heterocycles. The lowest BCUT2D eigenvalue weighted by atomic mass is 10.2. The van der Waals surface area contributed by atoms with Gasteiger partial charge in [0.2, 0.25) is 10.0 Å². The molecule has 1 aromatic carbocycles. The van der Waals surface area contributed by atoms with Gasteiger partial charge in [-0.25, -0.2) is 8.42 Å². The van der Waals surface area contributed by atoms with Gasteiger partial charge in [-0.1, -0.05) is 13.0 Å². The highest BCUT2D eigenvalue weighted by atomic mass is 35.5. The summed E-state index contributed by atoms with van der Waals surface area (Å²) >= 11 is 5.28. The molecule has 0 fully saturated rings. The van der Waals surface area contributed by atoms with E-state index in [9.17, 15) is 13.2 Å². The zero-order valence-electron chi connectivity index (χ0n) is 9.94. The first kappa shape index (κ1) is 14.8. The molecule has 7 heteroatoms. The number of nitrogens with one attached hydrogen (secondary N) is 2. The largest absolute Gasteiger partial charge is 0.352 e.